The molecular formula is C34H60N2OS. The summed E-state index contributed by atoms with van der Waals surface area (Å²) in [7, 11) is 2.08. The largest absolute Gasteiger partial charge is 0.360 e. The molecule has 4 aliphatic rings. The van der Waals surface area contributed by atoms with Gasteiger partial charge < -0.3 is 9.80 Å². The molecule has 1 aliphatic heterocycles. The molecule has 38 heavy (non-hydrogen) atoms. The highest BCUT2D eigenvalue weighted by molar-refractivity contribution is 7.80. The SMILES string of the molecule is CCCCCCCCCCCC(=S)N(C(C)C)C1CC[C@H]2[C@@H]3CCC4N(C)C(=O)CC[C@]4(C)[C@@H]3CC[C@]12C. The maximum atomic E-state index is 12.5. The zero-order valence-electron chi connectivity index (χ0n) is 25.9. The van der Waals surface area contributed by atoms with Crippen molar-refractivity contribution in [3.05, 3.63) is 0 Å². The second kappa shape index (κ2) is 12.9. The van der Waals surface area contributed by atoms with Crippen molar-refractivity contribution in [1.82, 2.24) is 9.80 Å². The van der Waals surface area contributed by atoms with Gasteiger partial charge in [0, 0.05) is 31.6 Å². The Bertz CT molecular complexity index is 812. The molecule has 1 saturated heterocycles. The van der Waals surface area contributed by atoms with Crippen LogP contribution in [0.5, 0.6) is 0 Å². The van der Waals surface area contributed by atoms with Crippen LogP contribution in [-0.2, 0) is 4.79 Å². The zero-order valence-corrected chi connectivity index (χ0v) is 26.7. The van der Waals surface area contributed by atoms with Crippen molar-refractivity contribution >= 4 is 23.1 Å². The van der Waals surface area contributed by atoms with Gasteiger partial charge in [0.05, 0.1) is 4.99 Å². The molecule has 0 bridgehead atoms. The van der Waals surface area contributed by atoms with Crippen LogP contribution in [0.25, 0.3) is 0 Å². The van der Waals surface area contributed by atoms with E-state index in [4.69, 9.17) is 12.2 Å². The van der Waals surface area contributed by atoms with E-state index in [9.17, 15) is 4.79 Å². The Kier molecular flexibility index (Phi) is 10.3. The van der Waals surface area contributed by atoms with Crippen LogP contribution in [0.2, 0.25) is 0 Å². The van der Waals surface area contributed by atoms with Gasteiger partial charge in [0.15, 0.2) is 0 Å². The number of nitrogens with zero attached hydrogens (tertiary/aromatic N) is 2. The zero-order chi connectivity index (χ0) is 27.5. The van der Waals surface area contributed by atoms with Gasteiger partial charge in [-0.2, -0.15) is 0 Å². The Hall–Kier alpha value is -0.640. The van der Waals surface area contributed by atoms with E-state index in [1.54, 1.807) is 0 Å². The van der Waals surface area contributed by atoms with Crippen LogP contribution in [0.4, 0.5) is 0 Å². The highest BCUT2D eigenvalue weighted by atomic mass is 32.1. The maximum Gasteiger partial charge on any atom is 0.222 e. The van der Waals surface area contributed by atoms with Gasteiger partial charge in [-0.3, -0.25) is 4.79 Å². The summed E-state index contributed by atoms with van der Waals surface area (Å²) in [6.07, 6.45) is 23.3. The molecule has 4 rings (SSSR count). The Morgan fingerprint density at radius 1 is 0.895 bits per heavy atom. The molecule has 3 nitrogen and oxygen atoms in total. The van der Waals surface area contributed by atoms with Crippen LogP contribution in [-0.4, -0.2) is 45.9 Å². The molecule has 2 unspecified atom stereocenters. The van der Waals surface area contributed by atoms with Crippen LogP contribution < -0.4 is 0 Å². The molecule has 3 aliphatic carbocycles. The number of carbonyl (C=O) groups excluding carboxylic acids is 1. The molecule has 4 heteroatoms. The monoisotopic (exact) mass is 544 g/mol. The van der Waals surface area contributed by atoms with Crippen molar-refractivity contribution in [2.45, 2.75) is 168 Å². The van der Waals surface area contributed by atoms with Crippen molar-refractivity contribution in [1.29, 1.82) is 0 Å². The molecule has 1 amide bonds. The first-order chi connectivity index (χ1) is 18.1. The third kappa shape index (κ3) is 5.87. The van der Waals surface area contributed by atoms with Crippen LogP contribution in [0.15, 0.2) is 0 Å². The summed E-state index contributed by atoms with van der Waals surface area (Å²) in [4.78, 5) is 18.6. The third-order valence-electron chi connectivity index (χ3n) is 12.2. The molecule has 0 aromatic carbocycles. The predicted molar refractivity (Wildman–Crippen MR) is 165 cm³/mol. The summed E-state index contributed by atoms with van der Waals surface area (Å²) in [5.74, 6) is 2.82. The Morgan fingerprint density at radius 2 is 1.53 bits per heavy atom. The highest BCUT2D eigenvalue weighted by Gasteiger charge is 2.62. The Morgan fingerprint density at radius 3 is 2.18 bits per heavy atom. The van der Waals surface area contributed by atoms with Crippen LogP contribution >= 0.6 is 12.2 Å². The minimum atomic E-state index is 0.314. The topological polar surface area (TPSA) is 23.6 Å². The molecule has 218 valence electrons. The lowest BCUT2D eigenvalue weighted by atomic mass is 9.47. The normalized spacial score (nSPS) is 36.7. The summed E-state index contributed by atoms with van der Waals surface area (Å²) >= 11 is 6.20. The van der Waals surface area contributed by atoms with Gasteiger partial charge in [-0.25, -0.2) is 0 Å². The fraction of sp³-hybridized carbons (Fsp3) is 0.941. The summed E-state index contributed by atoms with van der Waals surface area (Å²) in [6.45, 7) is 12.3. The van der Waals surface area contributed by atoms with Crippen molar-refractivity contribution in [2.75, 3.05) is 7.05 Å². The number of piperidine rings is 1. The van der Waals surface area contributed by atoms with Gasteiger partial charge in [-0.15, -0.1) is 0 Å². The molecule has 4 fully saturated rings. The molecule has 1 heterocycles. The summed E-state index contributed by atoms with van der Waals surface area (Å²) in [6, 6.07) is 1.56. The minimum Gasteiger partial charge on any atom is -0.360 e. The first-order valence-corrected chi connectivity index (χ1v) is 17.1. The van der Waals surface area contributed by atoms with E-state index in [1.807, 2.05) is 0 Å². The number of hydrogen-bond donors (Lipinski definition) is 0. The number of unbranched alkanes of at least 4 members (excludes halogenated alkanes) is 8. The smallest absolute Gasteiger partial charge is 0.222 e. The quantitative estimate of drug-likeness (QED) is 0.181. The van der Waals surface area contributed by atoms with Crippen molar-refractivity contribution in [3.63, 3.8) is 0 Å². The number of rotatable bonds is 12. The molecule has 0 N–H and O–H groups in total. The van der Waals surface area contributed by atoms with E-state index in [0.29, 0.717) is 34.9 Å². The fourth-order valence-electron chi connectivity index (χ4n) is 10.1. The van der Waals surface area contributed by atoms with Crippen LogP contribution in [0.1, 0.15) is 150 Å². The number of hydrogen-bond acceptors (Lipinski definition) is 2. The van der Waals surface area contributed by atoms with E-state index in [0.717, 1.165) is 37.0 Å². The van der Waals surface area contributed by atoms with E-state index in [2.05, 4.69) is 51.5 Å². The minimum absolute atomic E-state index is 0.314. The van der Waals surface area contributed by atoms with Crippen LogP contribution in [0.3, 0.4) is 0 Å². The first-order valence-electron chi connectivity index (χ1n) is 16.7. The summed E-state index contributed by atoms with van der Waals surface area (Å²) in [5, 5.41) is 0. The lowest BCUT2D eigenvalue weighted by molar-refractivity contribution is -0.158. The van der Waals surface area contributed by atoms with E-state index in [1.165, 1.54) is 101 Å². The third-order valence-corrected chi connectivity index (χ3v) is 12.6. The Labute approximate surface area is 241 Å². The van der Waals surface area contributed by atoms with Gasteiger partial charge in [0.2, 0.25) is 5.91 Å². The second-order valence-electron chi connectivity index (χ2n) is 14.6. The highest BCUT2D eigenvalue weighted by Crippen LogP contribution is 2.65. The van der Waals surface area contributed by atoms with Crippen LogP contribution in [0, 0.1) is 28.6 Å². The van der Waals surface area contributed by atoms with Gasteiger partial charge in [0.25, 0.3) is 0 Å². The summed E-state index contributed by atoms with van der Waals surface area (Å²) in [5.41, 5.74) is 0.696. The van der Waals surface area contributed by atoms with E-state index >= 15 is 0 Å². The number of amides is 1. The lowest BCUT2D eigenvalue weighted by Crippen LogP contribution is -2.62. The molecular weight excluding hydrogens is 484 g/mol. The van der Waals surface area contributed by atoms with Crippen molar-refractivity contribution in [3.8, 4) is 0 Å². The predicted octanol–water partition coefficient (Wildman–Crippen LogP) is 9.18. The number of likely N-dealkylation sites (tertiary alicyclic amines) is 1. The molecule has 0 aromatic heterocycles. The molecule has 0 spiro atoms. The second-order valence-corrected chi connectivity index (χ2v) is 15.1. The van der Waals surface area contributed by atoms with Crippen molar-refractivity contribution < 1.29 is 4.79 Å². The standard InChI is InChI=1S/C34H60N2OS/c1-7-8-9-10-11-12-13-14-15-16-32(38)36(25(2)3)30-20-18-27-26-17-19-29-33(4,24-22-31(37)35(29)6)28(26)21-23-34(27,30)5/h25-30H,7-24H2,1-6H3/t26-,27-,28+,29?,30?,33+,34-/m0/s1. The fourth-order valence-corrected chi connectivity index (χ4v) is 10.6. The molecule has 0 aromatic rings. The first kappa shape index (κ1) is 30.3. The van der Waals surface area contributed by atoms with Gasteiger partial charge in [0.1, 0.15) is 0 Å². The number of thiocarbonyl (C=S) groups is 1. The number of carbonyl (C=O) groups is 1. The molecule has 3 saturated carbocycles. The van der Waals surface area contributed by atoms with Crippen molar-refractivity contribution in [2.24, 2.45) is 28.6 Å². The Balaban J connectivity index is 1.35. The van der Waals surface area contributed by atoms with E-state index in [-0.39, 0.29) is 0 Å². The van der Waals surface area contributed by atoms with Gasteiger partial charge in [-0.05, 0) is 100 Å². The summed E-state index contributed by atoms with van der Waals surface area (Å²) < 4.78 is 0. The average molecular weight is 545 g/mol. The average Bonchev–Trinajstić information content (AvgIpc) is 3.22. The number of fused-ring (bicyclic) bond motifs is 5. The molecule has 0 radical (unpaired) electrons. The lowest BCUT2D eigenvalue weighted by Gasteiger charge is -2.62. The maximum absolute atomic E-state index is 12.5. The molecule has 7 atom stereocenters. The van der Waals surface area contributed by atoms with Gasteiger partial charge in [-0.1, -0.05) is 84.4 Å². The van der Waals surface area contributed by atoms with Gasteiger partial charge >= 0.3 is 0 Å². The van der Waals surface area contributed by atoms with E-state index < -0.39 is 0 Å².